The lowest BCUT2D eigenvalue weighted by atomic mass is 10.4. The van der Waals surface area contributed by atoms with Crippen LogP contribution in [0.3, 0.4) is 0 Å². The first-order chi connectivity index (χ1) is 4.66. The summed E-state index contributed by atoms with van der Waals surface area (Å²) in [4.78, 5) is 3.75. The Bertz CT molecular complexity index is 111. The molecule has 0 rings (SSSR count). The Morgan fingerprint density at radius 1 is 1.70 bits per heavy atom. The second-order valence-corrected chi connectivity index (χ2v) is 1.90. The maximum absolute atomic E-state index is 8.22. The highest BCUT2D eigenvalue weighted by atomic mass is 16.6. The number of ether oxygens (including phenoxy) is 1. The van der Waals surface area contributed by atoms with Crippen LogP contribution in [0, 0.1) is 0 Å². The summed E-state index contributed by atoms with van der Waals surface area (Å²) >= 11 is 0. The fraction of sp³-hybridized carbons (Fsp3) is 0.800. The smallest absolute Gasteiger partial charge is 0.186 e. The van der Waals surface area contributed by atoms with Gasteiger partial charge in [-0.1, -0.05) is 0 Å². The van der Waals surface area contributed by atoms with Crippen molar-refractivity contribution in [3.63, 3.8) is 0 Å². The Hall–Kier alpha value is -0.810. The summed E-state index contributed by atoms with van der Waals surface area (Å²) in [5, 5.41) is 8.22. The van der Waals surface area contributed by atoms with E-state index < -0.39 is 0 Å². The van der Waals surface area contributed by atoms with Crippen molar-refractivity contribution >= 4 is 5.96 Å². The average Bonchev–Trinajstić information content (AvgIpc) is 1.82. The molecule has 60 valence electrons. The number of nitrogens with zero attached hydrogens (tertiary/aromatic N) is 1. The summed E-state index contributed by atoms with van der Waals surface area (Å²) in [6.45, 7) is 1.81. The van der Waals surface area contributed by atoms with Crippen LogP contribution in [0.2, 0.25) is 0 Å². The molecular weight excluding hydrogens is 134 g/mol. The minimum atomic E-state index is -0.301. The van der Waals surface area contributed by atoms with E-state index in [1.807, 2.05) is 0 Å². The second kappa shape index (κ2) is 5.01. The molecule has 0 fully saturated rings. The van der Waals surface area contributed by atoms with Crippen molar-refractivity contribution in [3.8, 4) is 0 Å². The highest BCUT2D eigenvalue weighted by Crippen LogP contribution is 1.88. The molecule has 1 atom stereocenters. The summed E-state index contributed by atoms with van der Waals surface area (Å²) in [6, 6.07) is -0.0999. The monoisotopic (exact) mass is 147 g/mol. The van der Waals surface area contributed by atoms with Gasteiger partial charge in [0.15, 0.2) is 5.96 Å². The molecular formula is C5H13N3O2. The predicted octanol–water partition coefficient (Wildman–Crippen LogP) is -1.39. The maximum Gasteiger partial charge on any atom is 0.186 e. The third kappa shape index (κ3) is 5.33. The van der Waals surface area contributed by atoms with Crippen LogP contribution >= 0.6 is 0 Å². The third-order valence-corrected chi connectivity index (χ3v) is 0.820. The van der Waals surface area contributed by atoms with Crippen molar-refractivity contribution in [2.45, 2.75) is 13.0 Å². The lowest BCUT2D eigenvalue weighted by Crippen LogP contribution is -2.26. The van der Waals surface area contributed by atoms with Crippen molar-refractivity contribution in [1.29, 1.82) is 0 Å². The molecule has 5 heteroatoms. The lowest BCUT2D eigenvalue weighted by Gasteiger charge is -2.04. The fourth-order valence-corrected chi connectivity index (χ4v) is 0.515. The quantitative estimate of drug-likeness (QED) is 0.259. The summed E-state index contributed by atoms with van der Waals surface area (Å²) in [7, 11) is 0. The minimum absolute atomic E-state index is 0.0361. The Kier molecular flexibility index (Phi) is 4.61. The van der Waals surface area contributed by atoms with Gasteiger partial charge in [0.1, 0.15) is 6.79 Å². The van der Waals surface area contributed by atoms with Crippen molar-refractivity contribution < 1.29 is 9.84 Å². The van der Waals surface area contributed by atoms with Crippen molar-refractivity contribution in [1.82, 2.24) is 0 Å². The zero-order valence-electron chi connectivity index (χ0n) is 5.95. The number of aliphatic hydroxyl groups is 1. The molecule has 10 heavy (non-hydrogen) atoms. The predicted molar refractivity (Wildman–Crippen MR) is 38.3 cm³/mol. The number of aliphatic imine (C=N–C) groups is 1. The van der Waals surface area contributed by atoms with Crippen LogP contribution in [-0.2, 0) is 4.74 Å². The third-order valence-electron chi connectivity index (χ3n) is 0.820. The normalized spacial score (nSPS) is 12.6. The van der Waals surface area contributed by atoms with Crippen molar-refractivity contribution in [3.05, 3.63) is 0 Å². The summed E-state index contributed by atoms with van der Waals surface area (Å²) in [6.07, 6.45) is 0. The van der Waals surface area contributed by atoms with E-state index in [2.05, 4.69) is 9.73 Å². The topological polar surface area (TPSA) is 93.9 Å². The Morgan fingerprint density at radius 2 is 2.30 bits per heavy atom. The molecule has 0 saturated carbocycles. The first-order valence-corrected chi connectivity index (χ1v) is 2.94. The van der Waals surface area contributed by atoms with E-state index in [0.717, 1.165) is 0 Å². The molecule has 0 aliphatic rings. The van der Waals surface area contributed by atoms with E-state index in [1.54, 1.807) is 6.92 Å². The number of hydrogen-bond acceptors (Lipinski definition) is 3. The van der Waals surface area contributed by atoms with Gasteiger partial charge >= 0.3 is 0 Å². The lowest BCUT2D eigenvalue weighted by molar-refractivity contribution is -0.00529. The van der Waals surface area contributed by atoms with Gasteiger partial charge in [0.05, 0.1) is 12.6 Å². The molecule has 0 aromatic rings. The molecule has 0 heterocycles. The zero-order chi connectivity index (χ0) is 7.98. The summed E-state index contributed by atoms with van der Waals surface area (Å²) in [5.41, 5.74) is 10.1. The van der Waals surface area contributed by atoms with Gasteiger partial charge in [-0.2, -0.15) is 0 Å². The molecule has 5 N–H and O–H groups in total. The first kappa shape index (κ1) is 9.19. The first-order valence-electron chi connectivity index (χ1n) is 2.94. The standard InChI is InChI=1S/C5H13N3O2/c1-4(2-10-3-9)8-5(6)7/h4,9H,2-3H2,1H3,(H4,6,7,8). The largest absolute Gasteiger partial charge is 0.371 e. The van der Waals surface area contributed by atoms with E-state index in [9.17, 15) is 0 Å². The molecule has 0 aromatic heterocycles. The average molecular weight is 147 g/mol. The van der Waals surface area contributed by atoms with E-state index >= 15 is 0 Å². The Morgan fingerprint density at radius 3 is 2.70 bits per heavy atom. The molecule has 1 unspecified atom stereocenters. The fourth-order valence-electron chi connectivity index (χ4n) is 0.515. The molecule has 0 amide bonds. The van der Waals surface area contributed by atoms with Crippen LogP contribution in [0.5, 0.6) is 0 Å². The van der Waals surface area contributed by atoms with Crippen LogP contribution in [-0.4, -0.2) is 30.5 Å². The minimum Gasteiger partial charge on any atom is -0.371 e. The molecule has 0 radical (unpaired) electrons. The van der Waals surface area contributed by atoms with Crippen LogP contribution in [0.25, 0.3) is 0 Å². The highest BCUT2D eigenvalue weighted by Gasteiger charge is 1.97. The Balaban J connectivity index is 3.43. The van der Waals surface area contributed by atoms with Gasteiger partial charge in [-0.05, 0) is 6.92 Å². The maximum atomic E-state index is 8.22. The number of nitrogens with two attached hydrogens (primary N) is 2. The van der Waals surface area contributed by atoms with Crippen LogP contribution in [0.1, 0.15) is 6.92 Å². The molecule has 0 spiro atoms. The van der Waals surface area contributed by atoms with Gasteiger partial charge in [0.25, 0.3) is 0 Å². The SMILES string of the molecule is CC(COCO)N=C(N)N. The number of hydrogen-bond donors (Lipinski definition) is 3. The highest BCUT2D eigenvalue weighted by molar-refractivity contribution is 5.75. The van der Waals surface area contributed by atoms with E-state index in [0.29, 0.717) is 6.61 Å². The van der Waals surface area contributed by atoms with Crippen molar-refractivity contribution in [2.75, 3.05) is 13.4 Å². The zero-order valence-corrected chi connectivity index (χ0v) is 5.95. The molecule has 0 saturated heterocycles. The second-order valence-electron chi connectivity index (χ2n) is 1.90. The van der Waals surface area contributed by atoms with E-state index in [1.165, 1.54) is 0 Å². The summed E-state index contributed by atoms with van der Waals surface area (Å²) < 4.78 is 4.63. The Labute approximate surface area is 59.7 Å². The number of rotatable bonds is 4. The number of aliphatic hydroxyl groups excluding tert-OH is 1. The van der Waals surface area contributed by atoms with Gasteiger partial charge in [-0.15, -0.1) is 0 Å². The van der Waals surface area contributed by atoms with Gasteiger partial charge < -0.3 is 21.3 Å². The van der Waals surface area contributed by atoms with Crippen LogP contribution in [0.15, 0.2) is 4.99 Å². The van der Waals surface area contributed by atoms with Gasteiger partial charge in [-0.3, -0.25) is 0 Å². The summed E-state index contributed by atoms with van der Waals surface area (Å²) in [5.74, 6) is 0.0361. The van der Waals surface area contributed by atoms with Crippen LogP contribution in [0.4, 0.5) is 0 Å². The molecule has 0 bridgehead atoms. The van der Waals surface area contributed by atoms with E-state index in [-0.39, 0.29) is 18.8 Å². The molecule has 5 nitrogen and oxygen atoms in total. The number of guanidine groups is 1. The van der Waals surface area contributed by atoms with Gasteiger partial charge in [0.2, 0.25) is 0 Å². The van der Waals surface area contributed by atoms with E-state index in [4.69, 9.17) is 16.6 Å². The molecule has 0 aliphatic heterocycles. The molecule has 0 aromatic carbocycles. The van der Waals surface area contributed by atoms with Crippen molar-refractivity contribution in [2.24, 2.45) is 16.5 Å². The van der Waals surface area contributed by atoms with Gasteiger partial charge in [-0.25, -0.2) is 4.99 Å². The van der Waals surface area contributed by atoms with Gasteiger partial charge in [0, 0.05) is 0 Å². The van der Waals surface area contributed by atoms with Crippen LogP contribution < -0.4 is 11.5 Å². The molecule has 0 aliphatic carbocycles.